The van der Waals surface area contributed by atoms with Crippen molar-refractivity contribution in [1.29, 1.82) is 0 Å². The summed E-state index contributed by atoms with van der Waals surface area (Å²) in [6, 6.07) is 23.5. The third-order valence-corrected chi connectivity index (χ3v) is 3.85. The van der Waals surface area contributed by atoms with Gasteiger partial charge in [0.1, 0.15) is 5.75 Å². The monoisotopic (exact) mass is 345 g/mol. The van der Waals surface area contributed by atoms with Crippen LogP contribution in [0.15, 0.2) is 78.9 Å². The van der Waals surface area contributed by atoms with Crippen molar-refractivity contribution < 1.29 is 14.3 Å². The van der Waals surface area contributed by atoms with Crippen LogP contribution in [-0.4, -0.2) is 11.9 Å². The van der Waals surface area contributed by atoms with Crippen molar-refractivity contribution in [2.45, 2.75) is 13.3 Å². The minimum absolute atomic E-state index is 0.185. The zero-order chi connectivity index (χ0) is 18.4. The van der Waals surface area contributed by atoms with Crippen LogP contribution in [0.5, 0.6) is 5.75 Å². The Morgan fingerprint density at radius 1 is 0.846 bits per heavy atom. The first kappa shape index (κ1) is 17.4. The summed E-state index contributed by atoms with van der Waals surface area (Å²) in [5.41, 5.74) is 3.28. The Labute approximate surface area is 152 Å². The van der Waals surface area contributed by atoms with E-state index in [0.717, 1.165) is 11.1 Å². The molecule has 0 radical (unpaired) electrons. The van der Waals surface area contributed by atoms with Crippen LogP contribution in [0, 0.1) is 6.92 Å². The van der Waals surface area contributed by atoms with Gasteiger partial charge in [0.2, 0.25) is 0 Å². The summed E-state index contributed by atoms with van der Waals surface area (Å²) in [6.45, 7) is 2.00. The van der Waals surface area contributed by atoms with Crippen LogP contribution >= 0.6 is 0 Å². The molecule has 0 fully saturated rings. The Balaban J connectivity index is 1.56. The fraction of sp³-hybridized carbons (Fsp3) is 0.0909. The first-order valence-corrected chi connectivity index (χ1v) is 8.33. The predicted molar refractivity (Wildman–Crippen MR) is 101 cm³/mol. The lowest BCUT2D eigenvalue weighted by molar-refractivity contribution is -0.133. The molecule has 4 heteroatoms. The number of benzene rings is 3. The van der Waals surface area contributed by atoms with Crippen molar-refractivity contribution >= 4 is 17.6 Å². The molecule has 130 valence electrons. The summed E-state index contributed by atoms with van der Waals surface area (Å²) in [5.74, 6) is -0.0653. The molecule has 3 aromatic rings. The van der Waals surface area contributed by atoms with Crippen LogP contribution in [0.1, 0.15) is 21.5 Å². The van der Waals surface area contributed by atoms with Gasteiger partial charge in [-0.15, -0.1) is 0 Å². The molecule has 4 nitrogen and oxygen atoms in total. The van der Waals surface area contributed by atoms with E-state index in [4.69, 9.17) is 4.74 Å². The van der Waals surface area contributed by atoms with Gasteiger partial charge in [0.15, 0.2) is 0 Å². The van der Waals surface area contributed by atoms with Crippen LogP contribution in [0.3, 0.4) is 0 Å². The van der Waals surface area contributed by atoms with Gasteiger partial charge in [-0.3, -0.25) is 9.59 Å². The Morgan fingerprint density at radius 2 is 1.50 bits per heavy atom. The quantitative estimate of drug-likeness (QED) is 0.551. The average molecular weight is 345 g/mol. The van der Waals surface area contributed by atoms with Crippen LogP contribution in [0.4, 0.5) is 5.69 Å². The van der Waals surface area contributed by atoms with E-state index in [9.17, 15) is 9.59 Å². The van der Waals surface area contributed by atoms with Gasteiger partial charge in [0, 0.05) is 11.3 Å². The molecule has 0 saturated carbocycles. The molecule has 0 heterocycles. The van der Waals surface area contributed by atoms with Gasteiger partial charge >= 0.3 is 5.97 Å². The van der Waals surface area contributed by atoms with Gasteiger partial charge in [-0.2, -0.15) is 0 Å². The number of carbonyl (C=O) groups is 2. The number of ether oxygens (including phenoxy) is 1. The van der Waals surface area contributed by atoms with Gasteiger partial charge in [0.25, 0.3) is 5.91 Å². The molecule has 3 aromatic carbocycles. The summed E-state index contributed by atoms with van der Waals surface area (Å²) in [6.07, 6.45) is 0.215. The zero-order valence-corrected chi connectivity index (χ0v) is 14.4. The second kappa shape index (κ2) is 8.12. The van der Waals surface area contributed by atoms with Crippen molar-refractivity contribution in [2.24, 2.45) is 0 Å². The van der Waals surface area contributed by atoms with E-state index in [1.54, 1.807) is 36.4 Å². The number of carbonyl (C=O) groups excluding carboxylic acids is 2. The maximum Gasteiger partial charge on any atom is 0.315 e. The highest BCUT2D eigenvalue weighted by Crippen LogP contribution is 2.17. The predicted octanol–water partition coefficient (Wildman–Crippen LogP) is 4.40. The first-order chi connectivity index (χ1) is 12.6. The maximum atomic E-state index is 12.1. The molecule has 0 unspecified atom stereocenters. The van der Waals surface area contributed by atoms with Gasteiger partial charge in [-0.25, -0.2) is 0 Å². The number of rotatable bonds is 5. The fourth-order valence-corrected chi connectivity index (χ4v) is 2.44. The summed E-state index contributed by atoms with van der Waals surface area (Å²) < 4.78 is 5.34. The Bertz CT molecular complexity index is 885. The topological polar surface area (TPSA) is 55.4 Å². The second-order valence-corrected chi connectivity index (χ2v) is 5.98. The zero-order valence-electron chi connectivity index (χ0n) is 14.4. The molecule has 26 heavy (non-hydrogen) atoms. The molecule has 0 bridgehead atoms. The van der Waals surface area contributed by atoms with Gasteiger partial charge < -0.3 is 10.1 Å². The molecule has 3 rings (SSSR count). The molecule has 1 amide bonds. The highest BCUT2D eigenvalue weighted by Gasteiger charge is 2.08. The van der Waals surface area contributed by atoms with E-state index in [0.29, 0.717) is 17.0 Å². The average Bonchev–Trinajstić information content (AvgIpc) is 2.66. The van der Waals surface area contributed by atoms with Gasteiger partial charge in [0.05, 0.1) is 6.42 Å². The Kier molecular flexibility index (Phi) is 5.44. The van der Waals surface area contributed by atoms with Crippen molar-refractivity contribution in [3.63, 3.8) is 0 Å². The number of esters is 1. The standard InChI is InChI=1S/C22H19NO3/c1-16-7-9-17(10-8-16)15-21(24)26-20-13-11-19(12-14-20)23-22(25)18-5-3-2-4-6-18/h2-14H,15H2,1H3,(H,23,25). The molecular weight excluding hydrogens is 326 g/mol. The summed E-state index contributed by atoms with van der Waals surface area (Å²) in [7, 11) is 0. The van der Waals surface area contributed by atoms with E-state index < -0.39 is 0 Å². The first-order valence-electron chi connectivity index (χ1n) is 8.33. The molecule has 0 aliphatic heterocycles. The summed E-state index contributed by atoms with van der Waals surface area (Å²) in [4.78, 5) is 24.1. The van der Waals surface area contributed by atoms with Crippen molar-refractivity contribution in [3.05, 3.63) is 95.6 Å². The number of nitrogens with one attached hydrogen (secondary N) is 1. The minimum Gasteiger partial charge on any atom is -0.426 e. The van der Waals surface area contributed by atoms with Crippen LogP contribution in [0.2, 0.25) is 0 Å². The number of anilines is 1. The van der Waals surface area contributed by atoms with Gasteiger partial charge in [-0.05, 0) is 48.9 Å². The van der Waals surface area contributed by atoms with Crippen molar-refractivity contribution in [1.82, 2.24) is 0 Å². The Morgan fingerprint density at radius 3 is 2.15 bits per heavy atom. The molecule has 0 spiro atoms. The third-order valence-electron chi connectivity index (χ3n) is 3.85. The lowest BCUT2D eigenvalue weighted by Gasteiger charge is -2.08. The molecule has 0 aliphatic rings. The van der Waals surface area contributed by atoms with Crippen molar-refractivity contribution in [3.8, 4) is 5.75 Å². The highest BCUT2D eigenvalue weighted by molar-refractivity contribution is 6.04. The van der Waals surface area contributed by atoms with E-state index in [2.05, 4.69) is 5.32 Å². The van der Waals surface area contributed by atoms with E-state index in [-0.39, 0.29) is 18.3 Å². The lowest BCUT2D eigenvalue weighted by Crippen LogP contribution is -2.12. The SMILES string of the molecule is Cc1ccc(CC(=O)Oc2ccc(NC(=O)c3ccccc3)cc2)cc1. The number of hydrogen-bond donors (Lipinski definition) is 1. The second-order valence-electron chi connectivity index (χ2n) is 5.98. The molecular formula is C22H19NO3. The number of hydrogen-bond acceptors (Lipinski definition) is 3. The summed E-state index contributed by atoms with van der Waals surface area (Å²) >= 11 is 0. The van der Waals surface area contributed by atoms with Crippen LogP contribution < -0.4 is 10.1 Å². The molecule has 0 saturated heterocycles. The third kappa shape index (κ3) is 4.80. The smallest absolute Gasteiger partial charge is 0.315 e. The maximum absolute atomic E-state index is 12.1. The Hall–Kier alpha value is -3.40. The normalized spacial score (nSPS) is 10.2. The minimum atomic E-state index is -0.324. The van der Waals surface area contributed by atoms with Crippen LogP contribution in [0.25, 0.3) is 0 Å². The molecule has 0 aliphatic carbocycles. The largest absolute Gasteiger partial charge is 0.426 e. The van der Waals surface area contributed by atoms with Crippen molar-refractivity contribution in [2.75, 3.05) is 5.32 Å². The van der Waals surface area contributed by atoms with E-state index in [1.165, 1.54) is 0 Å². The fourth-order valence-electron chi connectivity index (χ4n) is 2.44. The summed E-state index contributed by atoms with van der Waals surface area (Å²) in [5, 5.41) is 2.80. The number of aryl methyl sites for hydroxylation is 1. The molecule has 0 aromatic heterocycles. The number of amides is 1. The molecule has 1 N–H and O–H groups in total. The highest BCUT2D eigenvalue weighted by atomic mass is 16.5. The molecule has 0 atom stereocenters. The van der Waals surface area contributed by atoms with E-state index >= 15 is 0 Å². The van der Waals surface area contributed by atoms with Crippen LogP contribution in [-0.2, 0) is 11.2 Å². The van der Waals surface area contributed by atoms with Gasteiger partial charge in [-0.1, -0.05) is 48.0 Å². The van der Waals surface area contributed by atoms with E-state index in [1.807, 2.05) is 49.4 Å². The lowest BCUT2D eigenvalue weighted by atomic mass is 10.1.